The minimum absolute atomic E-state index is 0. The predicted molar refractivity (Wildman–Crippen MR) is 114 cm³/mol. The number of hydrogen-bond acceptors (Lipinski definition) is 4. The van der Waals surface area contributed by atoms with E-state index in [9.17, 15) is 8.42 Å². The molecule has 0 atom stereocenters. The van der Waals surface area contributed by atoms with Gasteiger partial charge < -0.3 is 15.4 Å². The molecule has 1 aromatic rings. The van der Waals surface area contributed by atoms with Crippen molar-refractivity contribution in [3.05, 3.63) is 29.8 Å². The molecule has 0 aliphatic carbocycles. The predicted octanol–water partition coefficient (Wildman–Crippen LogP) is 1.35. The molecule has 0 saturated heterocycles. The third-order valence-corrected chi connectivity index (χ3v) is 4.08. The molecule has 1 aromatic carbocycles. The van der Waals surface area contributed by atoms with Crippen molar-refractivity contribution < 1.29 is 13.2 Å². The van der Waals surface area contributed by atoms with Crippen molar-refractivity contribution in [1.82, 2.24) is 15.4 Å². The number of halogens is 1. The summed E-state index contributed by atoms with van der Waals surface area (Å²) in [5.41, 5.74) is 1.30. The van der Waals surface area contributed by atoms with Crippen LogP contribution in [-0.2, 0) is 16.4 Å². The summed E-state index contributed by atoms with van der Waals surface area (Å²) in [5.74, 6) is 1.55. The fraction of sp³-hybridized carbons (Fsp3) is 0.562. The number of benzene rings is 1. The first-order chi connectivity index (χ1) is 11.4. The molecule has 0 bridgehead atoms. The molecule has 1 rings (SSSR count). The molecule has 0 aliphatic heterocycles. The molecule has 144 valence electrons. The van der Waals surface area contributed by atoms with Gasteiger partial charge in [-0.2, -0.15) is 0 Å². The number of unbranched alkanes of at least 4 members (excludes halogenated alkanes) is 1. The van der Waals surface area contributed by atoms with E-state index in [0.717, 1.165) is 37.8 Å². The van der Waals surface area contributed by atoms with Gasteiger partial charge in [0.2, 0.25) is 10.0 Å². The molecule has 0 unspecified atom stereocenters. The Hall–Kier alpha value is -1.07. The van der Waals surface area contributed by atoms with Gasteiger partial charge in [-0.15, -0.1) is 24.0 Å². The Morgan fingerprint density at radius 2 is 1.72 bits per heavy atom. The molecular formula is C16H29IN4O3S. The van der Waals surface area contributed by atoms with Gasteiger partial charge in [-0.1, -0.05) is 12.1 Å². The number of ether oxygens (including phenoxy) is 1. The van der Waals surface area contributed by atoms with Crippen LogP contribution in [0.5, 0.6) is 5.75 Å². The molecule has 0 saturated carbocycles. The Kier molecular flexibility index (Phi) is 12.6. The van der Waals surface area contributed by atoms with Crippen LogP contribution in [0.15, 0.2) is 29.3 Å². The van der Waals surface area contributed by atoms with Crippen LogP contribution >= 0.6 is 24.0 Å². The first-order valence-electron chi connectivity index (χ1n) is 7.96. The lowest BCUT2D eigenvalue weighted by Crippen LogP contribution is -2.41. The number of nitrogens with one attached hydrogen (secondary N) is 3. The van der Waals surface area contributed by atoms with Gasteiger partial charge in [0.1, 0.15) is 5.75 Å². The Morgan fingerprint density at radius 3 is 2.28 bits per heavy atom. The molecule has 3 N–H and O–H groups in total. The minimum atomic E-state index is -3.14. The zero-order valence-electron chi connectivity index (χ0n) is 15.0. The van der Waals surface area contributed by atoms with Crippen LogP contribution in [0.25, 0.3) is 0 Å². The summed E-state index contributed by atoms with van der Waals surface area (Å²) in [6.07, 6.45) is 4.26. The van der Waals surface area contributed by atoms with Gasteiger partial charge in [-0.3, -0.25) is 4.99 Å². The highest BCUT2D eigenvalue weighted by Crippen LogP contribution is 2.12. The number of rotatable bonds is 10. The summed E-state index contributed by atoms with van der Waals surface area (Å²) in [6.45, 7) is 1.63. The van der Waals surface area contributed by atoms with Crippen LogP contribution in [0.2, 0.25) is 0 Å². The number of methoxy groups -OCH3 is 1. The van der Waals surface area contributed by atoms with Gasteiger partial charge in [-0.05, 0) is 37.0 Å². The van der Waals surface area contributed by atoms with Crippen LogP contribution in [0.3, 0.4) is 0 Å². The maximum atomic E-state index is 11.0. The van der Waals surface area contributed by atoms with Crippen molar-refractivity contribution in [3.63, 3.8) is 0 Å². The van der Waals surface area contributed by atoms with E-state index in [-0.39, 0.29) is 24.0 Å². The van der Waals surface area contributed by atoms with Crippen molar-refractivity contribution in [2.45, 2.75) is 19.3 Å². The van der Waals surface area contributed by atoms with Crippen molar-refractivity contribution in [3.8, 4) is 5.75 Å². The summed E-state index contributed by atoms with van der Waals surface area (Å²) in [5, 5.41) is 6.27. The van der Waals surface area contributed by atoms with Crippen molar-refractivity contribution in [2.24, 2.45) is 4.99 Å². The first-order valence-corrected chi connectivity index (χ1v) is 9.86. The van der Waals surface area contributed by atoms with E-state index in [0.29, 0.717) is 19.0 Å². The number of hydrogen-bond donors (Lipinski definition) is 3. The minimum Gasteiger partial charge on any atom is -0.497 e. The van der Waals surface area contributed by atoms with Crippen LogP contribution in [0, 0.1) is 0 Å². The SMILES string of the molecule is CN=C(NCCCCc1ccc(OC)cc1)NCCNS(C)(=O)=O.I. The second-order valence-corrected chi connectivity index (χ2v) is 7.23. The van der Waals surface area contributed by atoms with E-state index in [2.05, 4.69) is 32.5 Å². The van der Waals surface area contributed by atoms with E-state index in [1.165, 1.54) is 5.56 Å². The van der Waals surface area contributed by atoms with Gasteiger partial charge in [0.15, 0.2) is 5.96 Å². The molecule has 0 fully saturated rings. The van der Waals surface area contributed by atoms with Crippen LogP contribution in [0.1, 0.15) is 18.4 Å². The monoisotopic (exact) mass is 484 g/mol. The molecular weight excluding hydrogens is 455 g/mol. The largest absolute Gasteiger partial charge is 0.497 e. The standard InChI is InChI=1S/C16H28N4O3S.HI/c1-17-16(19-12-13-20-24(3,21)22)18-11-5-4-6-14-7-9-15(23-2)10-8-14;/h7-10,20H,4-6,11-13H2,1-3H3,(H2,17,18,19);1H. The van der Waals surface area contributed by atoms with Crippen LogP contribution in [-0.4, -0.2) is 54.4 Å². The summed E-state index contributed by atoms with van der Waals surface area (Å²) < 4.78 is 29.5. The normalized spacial score (nSPS) is 11.6. The van der Waals surface area contributed by atoms with E-state index in [1.54, 1.807) is 14.2 Å². The van der Waals surface area contributed by atoms with Gasteiger partial charge in [0.05, 0.1) is 13.4 Å². The summed E-state index contributed by atoms with van der Waals surface area (Å²) >= 11 is 0. The maximum absolute atomic E-state index is 11.0. The third kappa shape index (κ3) is 12.0. The van der Waals surface area contributed by atoms with Gasteiger partial charge in [0.25, 0.3) is 0 Å². The quantitative estimate of drug-likeness (QED) is 0.202. The average molecular weight is 484 g/mol. The zero-order valence-corrected chi connectivity index (χ0v) is 18.2. The van der Waals surface area contributed by atoms with Crippen molar-refractivity contribution >= 4 is 40.0 Å². The number of nitrogens with zero attached hydrogens (tertiary/aromatic N) is 1. The molecule has 0 aromatic heterocycles. The molecule has 0 spiro atoms. The topological polar surface area (TPSA) is 91.8 Å². The molecule has 25 heavy (non-hydrogen) atoms. The van der Waals surface area contributed by atoms with E-state index < -0.39 is 10.0 Å². The fourth-order valence-electron chi connectivity index (χ4n) is 2.09. The van der Waals surface area contributed by atoms with Crippen molar-refractivity contribution in [2.75, 3.05) is 40.0 Å². The molecule has 0 heterocycles. The lowest BCUT2D eigenvalue weighted by molar-refractivity contribution is 0.414. The van der Waals surface area contributed by atoms with Gasteiger partial charge >= 0.3 is 0 Å². The number of sulfonamides is 1. The Bertz CT molecular complexity index is 606. The fourth-order valence-corrected chi connectivity index (χ4v) is 2.56. The van der Waals surface area contributed by atoms with E-state index in [1.807, 2.05) is 12.1 Å². The van der Waals surface area contributed by atoms with Gasteiger partial charge in [-0.25, -0.2) is 13.1 Å². The Labute approximate surface area is 168 Å². The zero-order chi connectivity index (χ0) is 17.8. The molecule has 0 amide bonds. The number of aliphatic imine (C=N–C) groups is 1. The van der Waals surface area contributed by atoms with Gasteiger partial charge in [0, 0.05) is 26.7 Å². The summed E-state index contributed by atoms with van der Waals surface area (Å²) in [4.78, 5) is 4.10. The van der Waals surface area contributed by atoms with Crippen LogP contribution < -0.4 is 20.1 Å². The van der Waals surface area contributed by atoms with E-state index >= 15 is 0 Å². The highest BCUT2D eigenvalue weighted by molar-refractivity contribution is 14.0. The Morgan fingerprint density at radius 1 is 1.08 bits per heavy atom. The van der Waals surface area contributed by atoms with Crippen LogP contribution in [0.4, 0.5) is 0 Å². The first kappa shape index (κ1) is 23.9. The highest BCUT2D eigenvalue weighted by atomic mass is 127. The lowest BCUT2D eigenvalue weighted by Gasteiger charge is -2.12. The molecule has 0 aliphatic rings. The molecule has 0 radical (unpaired) electrons. The number of guanidine groups is 1. The number of aryl methyl sites for hydroxylation is 1. The summed E-state index contributed by atoms with van der Waals surface area (Å²) in [6, 6.07) is 8.12. The molecule has 7 nitrogen and oxygen atoms in total. The average Bonchev–Trinajstić information content (AvgIpc) is 2.56. The highest BCUT2D eigenvalue weighted by Gasteiger charge is 2.01. The second-order valence-electron chi connectivity index (χ2n) is 5.40. The van der Waals surface area contributed by atoms with E-state index in [4.69, 9.17) is 4.74 Å². The maximum Gasteiger partial charge on any atom is 0.208 e. The Balaban J connectivity index is 0.00000576. The third-order valence-electron chi connectivity index (χ3n) is 3.35. The summed E-state index contributed by atoms with van der Waals surface area (Å²) in [7, 11) is 0.215. The smallest absolute Gasteiger partial charge is 0.208 e. The van der Waals surface area contributed by atoms with Crippen molar-refractivity contribution in [1.29, 1.82) is 0 Å². The lowest BCUT2D eigenvalue weighted by atomic mass is 10.1. The molecule has 9 heteroatoms. The second kappa shape index (κ2) is 13.2.